The predicted molar refractivity (Wildman–Crippen MR) is 74.2 cm³/mol. The number of nitrogens with zero attached hydrogens (tertiary/aromatic N) is 1. The standard InChI is InChI=1S/C15H23NO2/c1-6-18-15-8-7-13(12(4)17)9-14(15)10-16(5)11(2)3/h7-9,11H,6,10H2,1-5H3. The molecule has 0 aromatic heterocycles. The van der Waals surface area contributed by atoms with Crippen molar-refractivity contribution < 1.29 is 9.53 Å². The number of ether oxygens (including phenoxy) is 1. The van der Waals surface area contributed by atoms with Crippen molar-refractivity contribution in [1.29, 1.82) is 0 Å². The van der Waals surface area contributed by atoms with Gasteiger partial charge in [0.25, 0.3) is 0 Å². The maximum Gasteiger partial charge on any atom is 0.159 e. The highest BCUT2D eigenvalue weighted by Crippen LogP contribution is 2.22. The lowest BCUT2D eigenvalue weighted by molar-refractivity contribution is 0.101. The second-order valence-electron chi connectivity index (χ2n) is 4.82. The zero-order valence-electron chi connectivity index (χ0n) is 12.0. The largest absolute Gasteiger partial charge is 0.494 e. The molecule has 0 amide bonds. The van der Waals surface area contributed by atoms with Crippen LogP contribution in [0.1, 0.15) is 43.6 Å². The molecule has 1 aromatic rings. The Hall–Kier alpha value is -1.35. The van der Waals surface area contributed by atoms with Crippen LogP contribution < -0.4 is 4.74 Å². The molecule has 1 aromatic carbocycles. The lowest BCUT2D eigenvalue weighted by Crippen LogP contribution is -2.26. The van der Waals surface area contributed by atoms with Crippen LogP contribution in [-0.4, -0.2) is 30.4 Å². The lowest BCUT2D eigenvalue weighted by atomic mass is 10.1. The summed E-state index contributed by atoms with van der Waals surface area (Å²) in [4.78, 5) is 13.7. The number of benzene rings is 1. The molecule has 18 heavy (non-hydrogen) atoms. The summed E-state index contributed by atoms with van der Waals surface area (Å²) < 4.78 is 5.61. The van der Waals surface area contributed by atoms with Gasteiger partial charge in [0.05, 0.1) is 6.61 Å². The van der Waals surface area contributed by atoms with Gasteiger partial charge in [-0.1, -0.05) is 0 Å². The maximum absolute atomic E-state index is 11.4. The molecule has 0 saturated carbocycles. The third-order valence-corrected chi connectivity index (χ3v) is 3.07. The Balaban J connectivity index is 3.03. The van der Waals surface area contributed by atoms with E-state index in [1.54, 1.807) is 6.92 Å². The lowest BCUT2D eigenvalue weighted by Gasteiger charge is -2.22. The smallest absolute Gasteiger partial charge is 0.159 e. The second-order valence-corrected chi connectivity index (χ2v) is 4.82. The van der Waals surface area contributed by atoms with E-state index in [9.17, 15) is 4.79 Å². The van der Waals surface area contributed by atoms with Crippen molar-refractivity contribution >= 4 is 5.78 Å². The number of rotatable bonds is 6. The van der Waals surface area contributed by atoms with E-state index in [1.807, 2.05) is 25.1 Å². The normalized spacial score (nSPS) is 11.1. The van der Waals surface area contributed by atoms with Crippen LogP contribution in [0, 0.1) is 0 Å². The molecule has 100 valence electrons. The topological polar surface area (TPSA) is 29.5 Å². The summed E-state index contributed by atoms with van der Waals surface area (Å²) >= 11 is 0. The Morgan fingerprint density at radius 3 is 2.56 bits per heavy atom. The van der Waals surface area contributed by atoms with Gasteiger partial charge in [0.2, 0.25) is 0 Å². The molecule has 0 bridgehead atoms. The molecule has 0 aliphatic carbocycles. The zero-order valence-corrected chi connectivity index (χ0v) is 12.0. The first-order chi connectivity index (χ1) is 8.45. The van der Waals surface area contributed by atoms with Gasteiger partial charge < -0.3 is 4.74 Å². The van der Waals surface area contributed by atoms with Gasteiger partial charge in [-0.3, -0.25) is 9.69 Å². The number of carbonyl (C=O) groups excluding carboxylic acids is 1. The minimum atomic E-state index is 0.0894. The molecule has 0 atom stereocenters. The van der Waals surface area contributed by atoms with Crippen LogP contribution >= 0.6 is 0 Å². The summed E-state index contributed by atoms with van der Waals surface area (Å²) in [6, 6.07) is 6.11. The first-order valence-corrected chi connectivity index (χ1v) is 6.42. The number of hydrogen-bond donors (Lipinski definition) is 0. The van der Waals surface area contributed by atoms with E-state index in [0.29, 0.717) is 12.6 Å². The first kappa shape index (κ1) is 14.7. The molecule has 0 aliphatic heterocycles. The van der Waals surface area contributed by atoms with Crippen LogP contribution in [0.5, 0.6) is 5.75 Å². The number of carbonyl (C=O) groups is 1. The van der Waals surface area contributed by atoms with Gasteiger partial charge in [-0.05, 0) is 52.9 Å². The van der Waals surface area contributed by atoms with E-state index in [0.717, 1.165) is 23.4 Å². The van der Waals surface area contributed by atoms with Gasteiger partial charge >= 0.3 is 0 Å². The Morgan fingerprint density at radius 1 is 1.39 bits per heavy atom. The second kappa shape index (κ2) is 6.55. The van der Waals surface area contributed by atoms with Crippen LogP contribution in [0.4, 0.5) is 0 Å². The number of hydrogen-bond acceptors (Lipinski definition) is 3. The van der Waals surface area contributed by atoms with Crippen molar-refractivity contribution in [3.63, 3.8) is 0 Å². The van der Waals surface area contributed by atoms with Gasteiger partial charge in [0.15, 0.2) is 5.78 Å². The molecule has 0 spiro atoms. The molecular weight excluding hydrogens is 226 g/mol. The maximum atomic E-state index is 11.4. The van der Waals surface area contributed by atoms with Gasteiger partial charge in [-0.25, -0.2) is 0 Å². The van der Waals surface area contributed by atoms with Crippen molar-refractivity contribution in [2.75, 3.05) is 13.7 Å². The van der Waals surface area contributed by atoms with Crippen molar-refractivity contribution in [3.05, 3.63) is 29.3 Å². The summed E-state index contributed by atoms with van der Waals surface area (Å²) in [7, 11) is 2.07. The molecule has 0 N–H and O–H groups in total. The van der Waals surface area contributed by atoms with Crippen LogP contribution in [-0.2, 0) is 6.54 Å². The minimum absolute atomic E-state index is 0.0894. The molecule has 0 saturated heterocycles. The van der Waals surface area contributed by atoms with E-state index in [1.165, 1.54) is 0 Å². The van der Waals surface area contributed by atoms with E-state index >= 15 is 0 Å². The Labute approximate surface area is 110 Å². The Morgan fingerprint density at radius 2 is 2.06 bits per heavy atom. The molecule has 1 rings (SSSR count). The average molecular weight is 249 g/mol. The van der Waals surface area contributed by atoms with Crippen molar-refractivity contribution in [1.82, 2.24) is 4.90 Å². The highest BCUT2D eigenvalue weighted by molar-refractivity contribution is 5.94. The molecule has 3 heteroatoms. The highest BCUT2D eigenvalue weighted by Gasteiger charge is 2.11. The van der Waals surface area contributed by atoms with Crippen molar-refractivity contribution in [3.8, 4) is 5.75 Å². The summed E-state index contributed by atoms with van der Waals surface area (Å²) in [5.74, 6) is 0.960. The van der Waals surface area contributed by atoms with Crippen molar-refractivity contribution in [2.24, 2.45) is 0 Å². The predicted octanol–water partition coefficient (Wildman–Crippen LogP) is 3.13. The molecule has 3 nitrogen and oxygen atoms in total. The molecule has 0 heterocycles. The molecule has 0 radical (unpaired) electrons. The average Bonchev–Trinajstić information content (AvgIpc) is 2.31. The van der Waals surface area contributed by atoms with Gasteiger partial charge in [0, 0.05) is 23.7 Å². The SMILES string of the molecule is CCOc1ccc(C(C)=O)cc1CN(C)C(C)C. The summed E-state index contributed by atoms with van der Waals surface area (Å²) in [5, 5.41) is 0. The quantitative estimate of drug-likeness (QED) is 0.725. The van der Waals surface area contributed by atoms with E-state index in [2.05, 4.69) is 25.8 Å². The fraction of sp³-hybridized carbons (Fsp3) is 0.533. The molecule has 0 fully saturated rings. The van der Waals surface area contributed by atoms with Crippen LogP contribution in [0.3, 0.4) is 0 Å². The van der Waals surface area contributed by atoms with Crippen LogP contribution in [0.25, 0.3) is 0 Å². The third-order valence-electron chi connectivity index (χ3n) is 3.07. The van der Waals surface area contributed by atoms with Crippen LogP contribution in [0.15, 0.2) is 18.2 Å². The molecular formula is C15H23NO2. The van der Waals surface area contributed by atoms with Crippen molar-refractivity contribution in [2.45, 2.75) is 40.3 Å². The third kappa shape index (κ3) is 3.84. The van der Waals surface area contributed by atoms with E-state index in [4.69, 9.17) is 4.74 Å². The fourth-order valence-electron chi connectivity index (χ4n) is 1.67. The summed E-state index contributed by atoms with van der Waals surface area (Å²) in [6.45, 7) is 9.27. The van der Waals surface area contributed by atoms with E-state index < -0.39 is 0 Å². The van der Waals surface area contributed by atoms with Gasteiger partial charge in [-0.15, -0.1) is 0 Å². The highest BCUT2D eigenvalue weighted by atomic mass is 16.5. The first-order valence-electron chi connectivity index (χ1n) is 6.42. The number of Topliss-reactive ketones (excluding diaryl/α,β-unsaturated/α-hetero) is 1. The zero-order chi connectivity index (χ0) is 13.7. The van der Waals surface area contributed by atoms with Gasteiger partial charge in [0.1, 0.15) is 5.75 Å². The molecule has 0 aliphatic rings. The monoisotopic (exact) mass is 249 g/mol. The van der Waals surface area contributed by atoms with Gasteiger partial charge in [-0.2, -0.15) is 0 Å². The van der Waals surface area contributed by atoms with E-state index in [-0.39, 0.29) is 5.78 Å². The van der Waals surface area contributed by atoms with Crippen LogP contribution in [0.2, 0.25) is 0 Å². The summed E-state index contributed by atoms with van der Waals surface area (Å²) in [5.41, 5.74) is 1.81. The Bertz CT molecular complexity index is 413. The summed E-state index contributed by atoms with van der Waals surface area (Å²) in [6.07, 6.45) is 0. The molecule has 0 unspecified atom stereocenters. The number of ketones is 1. The Kier molecular flexibility index (Phi) is 5.35. The minimum Gasteiger partial charge on any atom is -0.494 e. The fourth-order valence-corrected chi connectivity index (χ4v) is 1.67.